The standard InChI is InChI=1S/C11H17N5O2S/c1-6(11(18)16-4-2-3-5-16)14-10-7(9(13)17)8(12)15-19-10/h6,14H,2-5H2,1H3,(H2,12,15)(H2,13,17). The summed E-state index contributed by atoms with van der Waals surface area (Å²) in [5, 5.41) is 3.42. The molecule has 1 aliphatic rings. The predicted molar refractivity (Wildman–Crippen MR) is 73.9 cm³/mol. The third-order valence-electron chi connectivity index (χ3n) is 3.10. The van der Waals surface area contributed by atoms with Crippen molar-refractivity contribution >= 4 is 34.2 Å². The van der Waals surface area contributed by atoms with E-state index < -0.39 is 11.9 Å². The van der Waals surface area contributed by atoms with Gasteiger partial charge >= 0.3 is 0 Å². The molecule has 0 radical (unpaired) electrons. The lowest BCUT2D eigenvalue weighted by Gasteiger charge is -2.21. The Morgan fingerprint density at radius 1 is 1.42 bits per heavy atom. The Hall–Kier alpha value is -1.83. The number of amides is 2. The molecule has 5 N–H and O–H groups in total. The summed E-state index contributed by atoms with van der Waals surface area (Å²) in [4.78, 5) is 25.2. The SMILES string of the molecule is CC(Nc1snc(N)c1C(N)=O)C(=O)N1CCCC1. The van der Waals surface area contributed by atoms with Crippen molar-refractivity contribution in [2.45, 2.75) is 25.8 Å². The smallest absolute Gasteiger partial charge is 0.255 e. The topological polar surface area (TPSA) is 114 Å². The Labute approximate surface area is 115 Å². The van der Waals surface area contributed by atoms with Crippen LogP contribution in [0.4, 0.5) is 10.8 Å². The van der Waals surface area contributed by atoms with Gasteiger partial charge in [-0.3, -0.25) is 9.59 Å². The Balaban J connectivity index is 2.08. The first-order chi connectivity index (χ1) is 9.00. The number of nitrogen functional groups attached to an aromatic ring is 1. The summed E-state index contributed by atoms with van der Waals surface area (Å²) >= 11 is 1.04. The highest BCUT2D eigenvalue weighted by Gasteiger charge is 2.25. The van der Waals surface area contributed by atoms with Gasteiger partial charge in [0, 0.05) is 13.1 Å². The summed E-state index contributed by atoms with van der Waals surface area (Å²) in [7, 11) is 0. The van der Waals surface area contributed by atoms with E-state index in [1.165, 1.54) is 0 Å². The molecule has 0 aromatic carbocycles. The number of primary amides is 1. The van der Waals surface area contributed by atoms with Crippen LogP contribution in [0.1, 0.15) is 30.1 Å². The molecular weight excluding hydrogens is 266 g/mol. The number of hydrogen-bond donors (Lipinski definition) is 3. The molecule has 8 heteroatoms. The highest BCUT2D eigenvalue weighted by atomic mass is 32.1. The monoisotopic (exact) mass is 283 g/mol. The average molecular weight is 283 g/mol. The van der Waals surface area contributed by atoms with E-state index in [4.69, 9.17) is 11.5 Å². The lowest BCUT2D eigenvalue weighted by Crippen LogP contribution is -2.39. The molecule has 1 atom stereocenters. The van der Waals surface area contributed by atoms with Gasteiger partial charge in [-0.2, -0.15) is 4.37 Å². The fourth-order valence-electron chi connectivity index (χ4n) is 2.11. The average Bonchev–Trinajstić information content (AvgIpc) is 2.97. The van der Waals surface area contributed by atoms with E-state index in [0.717, 1.165) is 37.5 Å². The zero-order valence-electron chi connectivity index (χ0n) is 10.7. The summed E-state index contributed by atoms with van der Waals surface area (Å²) in [6.45, 7) is 3.33. The van der Waals surface area contributed by atoms with Gasteiger partial charge in [-0.15, -0.1) is 0 Å². The molecule has 7 nitrogen and oxygen atoms in total. The largest absolute Gasteiger partial charge is 0.382 e. The van der Waals surface area contributed by atoms with Crippen LogP contribution >= 0.6 is 11.5 Å². The first kappa shape index (κ1) is 13.6. The van der Waals surface area contributed by atoms with Gasteiger partial charge < -0.3 is 21.7 Å². The molecule has 0 spiro atoms. The molecular formula is C11H17N5O2S. The molecule has 2 rings (SSSR count). The van der Waals surface area contributed by atoms with Crippen LogP contribution in [0.3, 0.4) is 0 Å². The van der Waals surface area contributed by atoms with Crippen molar-refractivity contribution in [3.63, 3.8) is 0 Å². The van der Waals surface area contributed by atoms with Gasteiger partial charge in [0.15, 0.2) is 5.82 Å². The normalized spacial score (nSPS) is 16.4. The molecule has 104 valence electrons. The van der Waals surface area contributed by atoms with E-state index in [-0.39, 0.29) is 17.3 Å². The molecule has 1 unspecified atom stereocenters. The molecule has 2 heterocycles. The second-order valence-electron chi connectivity index (χ2n) is 4.53. The first-order valence-electron chi connectivity index (χ1n) is 6.11. The van der Waals surface area contributed by atoms with E-state index in [1.807, 2.05) is 4.90 Å². The van der Waals surface area contributed by atoms with Crippen LogP contribution in [-0.4, -0.2) is 40.2 Å². The van der Waals surface area contributed by atoms with Gasteiger partial charge in [0.25, 0.3) is 5.91 Å². The summed E-state index contributed by atoms with van der Waals surface area (Å²) < 4.78 is 3.88. The van der Waals surface area contributed by atoms with Crippen molar-refractivity contribution in [3.8, 4) is 0 Å². The maximum absolute atomic E-state index is 12.1. The fraction of sp³-hybridized carbons (Fsp3) is 0.545. The van der Waals surface area contributed by atoms with Crippen molar-refractivity contribution < 1.29 is 9.59 Å². The minimum Gasteiger partial charge on any atom is -0.382 e. The number of rotatable bonds is 4. The Morgan fingerprint density at radius 2 is 2.05 bits per heavy atom. The van der Waals surface area contributed by atoms with Gasteiger partial charge in [-0.05, 0) is 31.3 Å². The Kier molecular flexibility index (Phi) is 3.89. The third-order valence-corrected chi connectivity index (χ3v) is 3.89. The number of hydrogen-bond acceptors (Lipinski definition) is 6. The fourth-order valence-corrected chi connectivity index (χ4v) is 2.92. The summed E-state index contributed by atoms with van der Waals surface area (Å²) in [6, 6.07) is -0.434. The van der Waals surface area contributed by atoms with E-state index in [2.05, 4.69) is 9.69 Å². The van der Waals surface area contributed by atoms with Gasteiger partial charge in [-0.1, -0.05) is 0 Å². The second-order valence-corrected chi connectivity index (χ2v) is 5.31. The van der Waals surface area contributed by atoms with Crippen molar-refractivity contribution in [2.24, 2.45) is 5.73 Å². The summed E-state index contributed by atoms with van der Waals surface area (Å²) in [6.07, 6.45) is 2.08. The van der Waals surface area contributed by atoms with Crippen LogP contribution in [0, 0.1) is 0 Å². The minimum atomic E-state index is -0.644. The zero-order valence-corrected chi connectivity index (χ0v) is 11.5. The number of nitrogens with zero attached hydrogens (tertiary/aromatic N) is 2. The first-order valence-corrected chi connectivity index (χ1v) is 6.88. The van der Waals surface area contributed by atoms with Crippen LogP contribution < -0.4 is 16.8 Å². The zero-order chi connectivity index (χ0) is 14.0. The molecule has 1 aromatic heterocycles. The van der Waals surface area contributed by atoms with E-state index in [0.29, 0.717) is 5.00 Å². The minimum absolute atomic E-state index is 0.0138. The summed E-state index contributed by atoms with van der Waals surface area (Å²) in [5.41, 5.74) is 11.0. The van der Waals surface area contributed by atoms with Crippen molar-refractivity contribution in [2.75, 3.05) is 24.1 Å². The highest BCUT2D eigenvalue weighted by Crippen LogP contribution is 2.27. The van der Waals surface area contributed by atoms with E-state index in [9.17, 15) is 9.59 Å². The van der Waals surface area contributed by atoms with Crippen molar-refractivity contribution in [3.05, 3.63) is 5.56 Å². The molecule has 1 aromatic rings. The maximum atomic E-state index is 12.1. The molecule has 19 heavy (non-hydrogen) atoms. The van der Waals surface area contributed by atoms with Crippen LogP contribution in [0.15, 0.2) is 0 Å². The number of likely N-dealkylation sites (tertiary alicyclic amines) is 1. The molecule has 1 saturated heterocycles. The molecule has 2 amide bonds. The number of aromatic nitrogens is 1. The predicted octanol–water partition coefficient (Wildman–Crippen LogP) is 0.247. The second kappa shape index (κ2) is 5.43. The number of carbonyl (C=O) groups is 2. The van der Waals surface area contributed by atoms with Gasteiger partial charge in [0.2, 0.25) is 5.91 Å². The number of nitrogens with two attached hydrogens (primary N) is 2. The number of nitrogens with one attached hydrogen (secondary N) is 1. The van der Waals surface area contributed by atoms with Crippen LogP contribution in [0.2, 0.25) is 0 Å². The highest BCUT2D eigenvalue weighted by molar-refractivity contribution is 7.11. The Morgan fingerprint density at radius 3 is 2.63 bits per heavy atom. The van der Waals surface area contributed by atoms with Gasteiger partial charge in [0.05, 0.1) is 0 Å². The molecule has 0 bridgehead atoms. The van der Waals surface area contributed by atoms with Crippen LogP contribution in [-0.2, 0) is 4.79 Å². The van der Waals surface area contributed by atoms with Gasteiger partial charge in [-0.25, -0.2) is 0 Å². The maximum Gasteiger partial charge on any atom is 0.255 e. The molecule has 1 fully saturated rings. The quantitative estimate of drug-likeness (QED) is 0.732. The molecule has 0 aliphatic carbocycles. The lowest BCUT2D eigenvalue weighted by molar-refractivity contribution is -0.130. The number of carbonyl (C=O) groups excluding carboxylic acids is 2. The van der Waals surface area contributed by atoms with Crippen molar-refractivity contribution in [1.29, 1.82) is 0 Å². The molecule has 1 aliphatic heterocycles. The lowest BCUT2D eigenvalue weighted by atomic mass is 10.2. The van der Waals surface area contributed by atoms with E-state index in [1.54, 1.807) is 6.92 Å². The van der Waals surface area contributed by atoms with Gasteiger partial charge in [0.1, 0.15) is 16.6 Å². The third kappa shape index (κ3) is 2.78. The molecule has 0 saturated carbocycles. The van der Waals surface area contributed by atoms with Crippen molar-refractivity contribution in [1.82, 2.24) is 9.27 Å². The Bertz CT molecular complexity index is 495. The van der Waals surface area contributed by atoms with Crippen LogP contribution in [0.25, 0.3) is 0 Å². The summed E-state index contributed by atoms with van der Waals surface area (Å²) in [5.74, 6) is -0.532. The van der Waals surface area contributed by atoms with Crippen LogP contribution in [0.5, 0.6) is 0 Å². The number of anilines is 2. The van der Waals surface area contributed by atoms with E-state index >= 15 is 0 Å².